The standard InChI is InChI=1S/C26H24ClN5O4/c27-21-10-16(32-26(35)15-4-2-1-3-5-15)7-9-19(21)23(34)20-11-28-24-22(20)25(30-14-29-24)31-17-6-8-18(12-33)36-13-17/h1-5,7,9-11,14,17-18,33H,6,8,12-13H2,(H,32,35)(H2,28,29,30,31)/t17-,18+/m1/s1. The Morgan fingerprint density at radius 2 is 1.94 bits per heavy atom. The van der Waals surface area contributed by atoms with E-state index >= 15 is 0 Å². The van der Waals surface area contributed by atoms with Gasteiger partial charge < -0.3 is 25.5 Å². The molecule has 1 saturated heterocycles. The van der Waals surface area contributed by atoms with Crippen molar-refractivity contribution in [3.8, 4) is 0 Å². The number of carbonyl (C=O) groups is 2. The van der Waals surface area contributed by atoms with Crippen LogP contribution in [0.25, 0.3) is 11.0 Å². The number of aromatic nitrogens is 3. The van der Waals surface area contributed by atoms with Crippen LogP contribution < -0.4 is 10.6 Å². The molecule has 0 aliphatic carbocycles. The largest absolute Gasteiger partial charge is 0.394 e. The lowest BCUT2D eigenvalue weighted by atomic mass is 10.0. The Hall–Kier alpha value is -3.79. The fourth-order valence-electron chi connectivity index (χ4n) is 4.22. The topological polar surface area (TPSA) is 129 Å². The molecule has 1 aliphatic rings. The molecule has 9 nitrogen and oxygen atoms in total. The van der Waals surface area contributed by atoms with Gasteiger partial charge in [-0.25, -0.2) is 9.97 Å². The molecule has 0 bridgehead atoms. The van der Waals surface area contributed by atoms with Gasteiger partial charge in [0.1, 0.15) is 17.8 Å². The molecule has 4 aromatic rings. The van der Waals surface area contributed by atoms with E-state index in [4.69, 9.17) is 16.3 Å². The van der Waals surface area contributed by atoms with E-state index in [1.54, 1.807) is 48.7 Å². The monoisotopic (exact) mass is 505 g/mol. The second-order valence-corrected chi connectivity index (χ2v) is 8.96. The molecule has 0 saturated carbocycles. The first-order valence-electron chi connectivity index (χ1n) is 11.5. The van der Waals surface area contributed by atoms with Crippen molar-refractivity contribution in [2.24, 2.45) is 0 Å². The molecule has 2 aromatic carbocycles. The molecule has 4 N–H and O–H groups in total. The zero-order valence-corrected chi connectivity index (χ0v) is 20.0. The third-order valence-electron chi connectivity index (χ3n) is 6.14. The number of anilines is 2. The van der Waals surface area contributed by atoms with Crippen LogP contribution in [0.15, 0.2) is 61.1 Å². The number of amides is 1. The maximum absolute atomic E-state index is 13.5. The molecule has 184 valence electrons. The first-order chi connectivity index (χ1) is 17.5. The average Bonchev–Trinajstić information content (AvgIpc) is 3.35. The summed E-state index contributed by atoms with van der Waals surface area (Å²) in [5.74, 6) is -0.0546. The Balaban J connectivity index is 1.38. The molecule has 0 unspecified atom stereocenters. The smallest absolute Gasteiger partial charge is 0.255 e. The van der Waals surface area contributed by atoms with Gasteiger partial charge in [0.2, 0.25) is 0 Å². The van der Waals surface area contributed by atoms with Gasteiger partial charge in [0, 0.05) is 23.0 Å². The summed E-state index contributed by atoms with van der Waals surface area (Å²) in [6.45, 7) is 0.419. The highest BCUT2D eigenvalue weighted by Crippen LogP contribution is 2.30. The first kappa shape index (κ1) is 23.9. The van der Waals surface area contributed by atoms with Crippen molar-refractivity contribution in [3.63, 3.8) is 0 Å². The number of aliphatic hydroxyl groups excluding tert-OH is 1. The van der Waals surface area contributed by atoms with E-state index in [1.165, 1.54) is 6.33 Å². The highest BCUT2D eigenvalue weighted by molar-refractivity contribution is 6.36. The second-order valence-electron chi connectivity index (χ2n) is 8.55. The van der Waals surface area contributed by atoms with Crippen molar-refractivity contribution in [1.29, 1.82) is 0 Å². The predicted octanol–water partition coefficient (Wildman–Crippen LogP) is 4.05. The van der Waals surface area contributed by atoms with E-state index in [9.17, 15) is 14.7 Å². The van der Waals surface area contributed by atoms with Crippen LogP contribution in [0.1, 0.15) is 39.1 Å². The van der Waals surface area contributed by atoms with E-state index in [1.807, 2.05) is 6.07 Å². The van der Waals surface area contributed by atoms with Crippen LogP contribution in [0, 0.1) is 0 Å². The summed E-state index contributed by atoms with van der Waals surface area (Å²) in [5, 5.41) is 16.2. The summed E-state index contributed by atoms with van der Waals surface area (Å²) < 4.78 is 5.66. The number of halogens is 1. The van der Waals surface area contributed by atoms with Crippen molar-refractivity contribution in [3.05, 3.63) is 82.8 Å². The highest BCUT2D eigenvalue weighted by atomic mass is 35.5. The van der Waals surface area contributed by atoms with E-state index in [-0.39, 0.29) is 41.0 Å². The maximum atomic E-state index is 13.5. The second kappa shape index (κ2) is 10.4. The molecule has 0 radical (unpaired) electrons. The molecule has 10 heteroatoms. The normalized spacial score (nSPS) is 17.6. The number of benzene rings is 2. The Morgan fingerprint density at radius 3 is 2.67 bits per heavy atom. The van der Waals surface area contributed by atoms with Gasteiger partial charge in [-0.3, -0.25) is 9.59 Å². The number of nitrogens with zero attached hydrogens (tertiary/aromatic N) is 2. The van der Waals surface area contributed by atoms with Gasteiger partial charge in [0.15, 0.2) is 5.78 Å². The van der Waals surface area contributed by atoms with E-state index in [0.29, 0.717) is 40.3 Å². The predicted molar refractivity (Wildman–Crippen MR) is 137 cm³/mol. The van der Waals surface area contributed by atoms with Crippen molar-refractivity contribution in [2.75, 3.05) is 23.8 Å². The molecule has 1 aliphatic heterocycles. The highest BCUT2D eigenvalue weighted by Gasteiger charge is 2.25. The summed E-state index contributed by atoms with van der Waals surface area (Å²) in [4.78, 5) is 37.6. The number of hydrogen-bond donors (Lipinski definition) is 4. The van der Waals surface area contributed by atoms with Crippen LogP contribution in [0.4, 0.5) is 11.5 Å². The van der Waals surface area contributed by atoms with Gasteiger partial charge >= 0.3 is 0 Å². The van der Waals surface area contributed by atoms with E-state index < -0.39 is 0 Å². The fraction of sp³-hybridized carbons (Fsp3) is 0.231. The molecular weight excluding hydrogens is 482 g/mol. The zero-order valence-electron chi connectivity index (χ0n) is 19.2. The minimum atomic E-state index is -0.301. The lowest BCUT2D eigenvalue weighted by Gasteiger charge is -2.29. The number of aliphatic hydroxyl groups is 1. The Bertz CT molecular complexity index is 1400. The Labute approximate surface area is 211 Å². The van der Waals surface area contributed by atoms with Gasteiger partial charge in [0.05, 0.1) is 41.3 Å². The van der Waals surface area contributed by atoms with Crippen LogP contribution in [0.5, 0.6) is 0 Å². The number of hydrogen-bond acceptors (Lipinski definition) is 7. The van der Waals surface area contributed by atoms with Crippen LogP contribution >= 0.6 is 11.6 Å². The molecule has 2 aromatic heterocycles. The van der Waals surface area contributed by atoms with Gasteiger partial charge in [-0.1, -0.05) is 29.8 Å². The minimum Gasteiger partial charge on any atom is -0.394 e. The molecule has 36 heavy (non-hydrogen) atoms. The van der Waals surface area contributed by atoms with Gasteiger partial charge in [-0.05, 0) is 43.2 Å². The van der Waals surface area contributed by atoms with Crippen molar-refractivity contribution in [1.82, 2.24) is 15.0 Å². The molecule has 2 atom stereocenters. The summed E-state index contributed by atoms with van der Waals surface area (Å²) >= 11 is 6.48. The number of aromatic amines is 1. The number of rotatable bonds is 7. The summed E-state index contributed by atoms with van der Waals surface area (Å²) in [7, 11) is 0. The van der Waals surface area contributed by atoms with Crippen molar-refractivity contribution < 1.29 is 19.4 Å². The van der Waals surface area contributed by atoms with Crippen molar-refractivity contribution >= 4 is 45.8 Å². The maximum Gasteiger partial charge on any atom is 0.255 e. The third kappa shape index (κ3) is 4.94. The molecular formula is C26H24ClN5O4. The number of carbonyl (C=O) groups excluding carboxylic acids is 2. The molecule has 3 heterocycles. The van der Waals surface area contributed by atoms with Gasteiger partial charge in [-0.2, -0.15) is 0 Å². The van der Waals surface area contributed by atoms with Gasteiger partial charge in [-0.15, -0.1) is 0 Å². The van der Waals surface area contributed by atoms with Crippen LogP contribution in [-0.2, 0) is 4.74 Å². The average molecular weight is 506 g/mol. The number of ether oxygens (including phenoxy) is 1. The number of nitrogens with one attached hydrogen (secondary N) is 3. The quantitative estimate of drug-likeness (QED) is 0.279. The van der Waals surface area contributed by atoms with Crippen molar-refractivity contribution in [2.45, 2.75) is 25.0 Å². The minimum absolute atomic E-state index is 0.00355. The zero-order chi connectivity index (χ0) is 25.1. The first-order valence-corrected chi connectivity index (χ1v) is 11.9. The fourth-order valence-corrected chi connectivity index (χ4v) is 4.49. The Morgan fingerprint density at radius 1 is 1.11 bits per heavy atom. The van der Waals surface area contributed by atoms with Crippen LogP contribution in [0.3, 0.4) is 0 Å². The lowest BCUT2D eigenvalue weighted by molar-refractivity contribution is -0.0224. The summed E-state index contributed by atoms with van der Waals surface area (Å²) in [6.07, 6.45) is 4.39. The van der Waals surface area contributed by atoms with E-state index in [2.05, 4.69) is 25.6 Å². The number of ketones is 1. The van der Waals surface area contributed by atoms with Crippen LogP contribution in [0.2, 0.25) is 5.02 Å². The van der Waals surface area contributed by atoms with Gasteiger partial charge in [0.25, 0.3) is 5.91 Å². The van der Waals surface area contributed by atoms with Crippen LogP contribution in [-0.4, -0.2) is 57.1 Å². The molecule has 0 spiro atoms. The Kier molecular flexibility index (Phi) is 6.95. The number of fused-ring (bicyclic) bond motifs is 1. The third-order valence-corrected chi connectivity index (χ3v) is 6.45. The lowest BCUT2D eigenvalue weighted by Crippen LogP contribution is -2.36. The summed E-state index contributed by atoms with van der Waals surface area (Å²) in [5.41, 5.74) is 2.18. The summed E-state index contributed by atoms with van der Waals surface area (Å²) in [6, 6.07) is 13.6. The molecule has 1 fully saturated rings. The number of H-pyrrole nitrogens is 1. The molecule has 5 rings (SSSR count). The molecule has 1 amide bonds. The SMILES string of the molecule is O=C(Nc1ccc(C(=O)c2c[nH]c3ncnc(N[C@@H]4CC[C@@H](CO)OC4)c23)c(Cl)c1)c1ccccc1. The van der Waals surface area contributed by atoms with E-state index in [0.717, 1.165) is 12.8 Å².